The fourth-order valence-corrected chi connectivity index (χ4v) is 4.56. The molecule has 10 heteroatoms. The zero-order valence-corrected chi connectivity index (χ0v) is 21.6. The van der Waals surface area contributed by atoms with Gasteiger partial charge in [-0.2, -0.15) is 0 Å². The van der Waals surface area contributed by atoms with Gasteiger partial charge in [-0.25, -0.2) is 9.65 Å². The van der Waals surface area contributed by atoms with Gasteiger partial charge in [0.25, 0.3) is 0 Å². The van der Waals surface area contributed by atoms with Crippen LogP contribution in [0.25, 0.3) is 0 Å². The number of nitrogens with one attached hydrogen (secondary N) is 3. The molecule has 0 aliphatic rings. The molecule has 0 aromatic heterocycles. The van der Waals surface area contributed by atoms with E-state index in [-0.39, 0.29) is 24.9 Å². The van der Waals surface area contributed by atoms with Gasteiger partial charge in [0.15, 0.2) is 0 Å². The molecule has 9 nitrogen and oxygen atoms in total. The van der Waals surface area contributed by atoms with E-state index in [0.717, 1.165) is 11.1 Å². The van der Waals surface area contributed by atoms with Crippen molar-refractivity contribution in [3.8, 4) is 5.75 Å². The van der Waals surface area contributed by atoms with Gasteiger partial charge in [-0.15, -0.1) is 0 Å². The summed E-state index contributed by atoms with van der Waals surface area (Å²) in [6.07, 6.45) is 0.812. The number of benzene rings is 2. The molecule has 4 atom stereocenters. The second-order valence-electron chi connectivity index (χ2n) is 8.23. The summed E-state index contributed by atoms with van der Waals surface area (Å²) >= 11 is 0. The first-order chi connectivity index (χ1) is 16.7. The zero-order chi connectivity index (χ0) is 25.8. The fourth-order valence-electron chi connectivity index (χ4n) is 3.41. The van der Waals surface area contributed by atoms with Crippen LogP contribution in [0.4, 0.5) is 0 Å². The van der Waals surface area contributed by atoms with E-state index in [9.17, 15) is 19.0 Å². The highest BCUT2D eigenvalue weighted by molar-refractivity contribution is 7.50. The fraction of sp³-hybridized carbons (Fsp3) is 0.440. The highest BCUT2D eigenvalue weighted by atomic mass is 31.2. The van der Waals surface area contributed by atoms with Crippen LogP contribution in [0.1, 0.15) is 38.3 Å². The molecule has 2 rings (SSSR count). The second kappa shape index (κ2) is 14.0. The predicted octanol–water partition coefficient (Wildman–Crippen LogP) is 3.18. The summed E-state index contributed by atoms with van der Waals surface area (Å²) in [5.74, 6) is -0.511. The topological polar surface area (TPSA) is 126 Å². The first-order valence-corrected chi connectivity index (χ1v) is 13.3. The number of hydrogen-bond acceptors (Lipinski definition) is 5. The smallest absolute Gasteiger partial charge is 0.403 e. The van der Waals surface area contributed by atoms with Gasteiger partial charge in [-0.1, -0.05) is 62.7 Å². The van der Waals surface area contributed by atoms with E-state index in [4.69, 9.17) is 9.26 Å². The van der Waals surface area contributed by atoms with Gasteiger partial charge in [-0.3, -0.25) is 14.1 Å². The van der Waals surface area contributed by atoms with E-state index in [1.54, 1.807) is 13.8 Å². The lowest BCUT2D eigenvalue weighted by Gasteiger charge is -2.27. The number of likely N-dealkylation sites (N-methyl/N-ethyl adjacent to an activating group) is 1. The van der Waals surface area contributed by atoms with Gasteiger partial charge < -0.3 is 20.3 Å². The van der Waals surface area contributed by atoms with Crippen molar-refractivity contribution in [3.05, 3.63) is 65.7 Å². The summed E-state index contributed by atoms with van der Waals surface area (Å²) in [5.41, 5.74) is 1.88. The van der Waals surface area contributed by atoms with Crippen molar-refractivity contribution in [2.45, 2.75) is 52.3 Å². The summed E-state index contributed by atoms with van der Waals surface area (Å²) in [4.78, 5) is 35.6. The Morgan fingerprint density at radius 1 is 1.00 bits per heavy atom. The van der Waals surface area contributed by atoms with Gasteiger partial charge in [0.1, 0.15) is 18.4 Å². The van der Waals surface area contributed by atoms with Gasteiger partial charge in [0.2, 0.25) is 11.8 Å². The van der Waals surface area contributed by atoms with Crippen molar-refractivity contribution < 1.29 is 28.3 Å². The summed E-state index contributed by atoms with van der Waals surface area (Å²) in [5, 5.41) is 7.72. The maximum absolute atomic E-state index is 13.1. The minimum atomic E-state index is -4.17. The molecule has 0 bridgehead atoms. The average molecular weight is 506 g/mol. The van der Waals surface area contributed by atoms with Crippen LogP contribution in [0, 0.1) is 5.92 Å². The summed E-state index contributed by atoms with van der Waals surface area (Å²) in [6.45, 7) is 5.70. The number of rotatable bonds is 14. The van der Waals surface area contributed by atoms with E-state index >= 15 is 0 Å². The average Bonchev–Trinajstić information content (AvgIpc) is 2.86. The van der Waals surface area contributed by atoms with E-state index in [1.165, 1.54) is 7.05 Å². The Bertz CT molecular complexity index is 986. The number of carbonyl (C=O) groups is 2. The van der Waals surface area contributed by atoms with E-state index in [0.29, 0.717) is 18.8 Å². The first kappa shape index (κ1) is 28.5. The minimum absolute atomic E-state index is 0.0154. The Morgan fingerprint density at radius 2 is 1.66 bits per heavy atom. The molecule has 35 heavy (non-hydrogen) atoms. The van der Waals surface area contributed by atoms with Crippen LogP contribution in [-0.2, 0) is 31.7 Å². The highest BCUT2D eigenvalue weighted by Gasteiger charge is 2.34. The lowest BCUT2D eigenvalue weighted by Crippen LogP contribution is -2.54. The van der Waals surface area contributed by atoms with Crippen molar-refractivity contribution in [1.29, 1.82) is 0 Å². The zero-order valence-electron chi connectivity index (χ0n) is 20.7. The standard InChI is InChI=1S/C25H36N3O6P/c1-5-18(3)23(28-35(31,32)34-6-2)25(30)27-22(24(29)26-4)16-19-12-14-21(15-13-19)33-17-20-10-8-7-9-11-20/h7-15,18,22-23H,5-6,16-17H2,1-4H3,(H,26,29)(H,27,30)(H2,28,31,32)/t18-,22?,23-/m0/s1. The molecule has 0 saturated heterocycles. The Morgan fingerprint density at radius 3 is 2.23 bits per heavy atom. The summed E-state index contributed by atoms with van der Waals surface area (Å²) in [7, 11) is -2.68. The molecule has 4 N–H and O–H groups in total. The molecule has 0 aliphatic heterocycles. The van der Waals surface area contributed by atoms with Crippen LogP contribution in [0.3, 0.4) is 0 Å². The van der Waals surface area contributed by atoms with Gasteiger partial charge in [-0.05, 0) is 36.1 Å². The van der Waals surface area contributed by atoms with Gasteiger partial charge in [0, 0.05) is 13.5 Å². The normalized spacial score (nSPS) is 15.3. The second-order valence-corrected chi connectivity index (χ2v) is 9.79. The molecule has 2 amide bonds. The third kappa shape index (κ3) is 9.45. The number of amides is 2. The lowest BCUT2D eigenvalue weighted by atomic mass is 9.98. The molecule has 0 heterocycles. The predicted molar refractivity (Wildman–Crippen MR) is 135 cm³/mol. The molecule has 2 aromatic carbocycles. The van der Waals surface area contributed by atoms with E-state index in [1.807, 2.05) is 61.5 Å². The maximum atomic E-state index is 13.1. The molecule has 2 unspecified atom stereocenters. The van der Waals surface area contributed by atoms with Gasteiger partial charge >= 0.3 is 7.75 Å². The van der Waals surface area contributed by atoms with Crippen LogP contribution >= 0.6 is 7.75 Å². The maximum Gasteiger partial charge on any atom is 0.403 e. The van der Waals surface area contributed by atoms with Crippen LogP contribution in [0.15, 0.2) is 54.6 Å². The quantitative estimate of drug-likeness (QED) is 0.291. The van der Waals surface area contributed by atoms with E-state index in [2.05, 4.69) is 15.7 Å². The molecule has 0 saturated carbocycles. The highest BCUT2D eigenvalue weighted by Crippen LogP contribution is 2.38. The summed E-state index contributed by atoms with van der Waals surface area (Å²) in [6, 6.07) is 15.2. The molecule has 0 aliphatic carbocycles. The molecule has 0 spiro atoms. The van der Waals surface area contributed by atoms with Crippen LogP contribution < -0.4 is 20.5 Å². The molecule has 0 fully saturated rings. The molecular formula is C25H36N3O6P. The number of ether oxygens (including phenoxy) is 1. The molecule has 2 aromatic rings. The monoisotopic (exact) mass is 505 g/mol. The van der Waals surface area contributed by atoms with Crippen LogP contribution in [0.2, 0.25) is 0 Å². The minimum Gasteiger partial charge on any atom is -0.489 e. The Balaban J connectivity index is 2.08. The summed E-state index contributed by atoms with van der Waals surface area (Å²) < 4.78 is 22.9. The molecule has 0 radical (unpaired) electrons. The van der Waals surface area contributed by atoms with Crippen LogP contribution in [0.5, 0.6) is 5.75 Å². The van der Waals surface area contributed by atoms with Crippen molar-refractivity contribution >= 4 is 19.6 Å². The SMILES string of the molecule is CCOP(=O)(O)N[C@H](C(=O)NC(Cc1ccc(OCc2ccccc2)cc1)C(=O)NC)[C@@H](C)CC. The molecular weight excluding hydrogens is 469 g/mol. The first-order valence-electron chi connectivity index (χ1n) is 11.7. The third-order valence-electron chi connectivity index (χ3n) is 5.59. The van der Waals surface area contributed by atoms with Crippen molar-refractivity contribution in [1.82, 2.24) is 15.7 Å². The number of carbonyl (C=O) groups excluding carboxylic acids is 2. The Labute approximate surface area is 207 Å². The van der Waals surface area contributed by atoms with Crippen molar-refractivity contribution in [3.63, 3.8) is 0 Å². The third-order valence-corrected chi connectivity index (χ3v) is 6.81. The molecule has 192 valence electrons. The Kier molecular flexibility index (Phi) is 11.4. The van der Waals surface area contributed by atoms with E-state index < -0.39 is 25.7 Å². The largest absolute Gasteiger partial charge is 0.489 e. The van der Waals surface area contributed by atoms with Crippen molar-refractivity contribution in [2.75, 3.05) is 13.7 Å². The lowest BCUT2D eigenvalue weighted by molar-refractivity contribution is -0.130. The Hall–Kier alpha value is -2.71. The van der Waals surface area contributed by atoms with Crippen molar-refractivity contribution in [2.24, 2.45) is 5.92 Å². The van der Waals surface area contributed by atoms with Gasteiger partial charge in [0.05, 0.1) is 12.6 Å². The number of hydrogen-bond donors (Lipinski definition) is 4. The van der Waals surface area contributed by atoms with Crippen LogP contribution in [-0.4, -0.2) is 42.4 Å².